The summed E-state index contributed by atoms with van der Waals surface area (Å²) in [6, 6.07) is 0.884. The van der Waals surface area contributed by atoms with Gasteiger partial charge in [0.25, 0.3) is 0 Å². The number of fused-ring (bicyclic) bond motifs is 1. The summed E-state index contributed by atoms with van der Waals surface area (Å²) in [5.41, 5.74) is 5.69. The molecule has 1 heterocycles. The van der Waals surface area contributed by atoms with E-state index < -0.39 is 0 Å². The van der Waals surface area contributed by atoms with Gasteiger partial charge in [-0.15, -0.1) is 0 Å². The summed E-state index contributed by atoms with van der Waals surface area (Å²) in [5, 5.41) is 0. The highest BCUT2D eigenvalue weighted by atomic mass is 15.2. The lowest BCUT2D eigenvalue weighted by Crippen LogP contribution is -2.43. The molecule has 1 saturated carbocycles. The lowest BCUT2D eigenvalue weighted by atomic mass is 9.82. The van der Waals surface area contributed by atoms with Gasteiger partial charge in [-0.1, -0.05) is 19.3 Å². The van der Waals surface area contributed by atoms with Crippen LogP contribution in [0.15, 0.2) is 0 Å². The van der Waals surface area contributed by atoms with Crippen molar-refractivity contribution in [2.75, 3.05) is 19.6 Å². The van der Waals surface area contributed by atoms with Gasteiger partial charge in [-0.25, -0.2) is 0 Å². The fraction of sp³-hybridized carbons (Fsp3) is 1.00. The quantitative estimate of drug-likeness (QED) is 0.732. The van der Waals surface area contributed by atoms with Crippen LogP contribution in [0, 0.1) is 5.92 Å². The molecular formula is C12H24N2. The summed E-state index contributed by atoms with van der Waals surface area (Å²) < 4.78 is 0. The first kappa shape index (κ1) is 10.4. The van der Waals surface area contributed by atoms with E-state index in [-0.39, 0.29) is 0 Å². The minimum atomic E-state index is 0.837. The van der Waals surface area contributed by atoms with Crippen LogP contribution in [0.4, 0.5) is 0 Å². The van der Waals surface area contributed by atoms with Gasteiger partial charge in [-0.05, 0) is 38.1 Å². The summed E-state index contributed by atoms with van der Waals surface area (Å²) in [6.07, 6.45) is 10.2. The summed E-state index contributed by atoms with van der Waals surface area (Å²) in [6.45, 7) is 3.27. The highest BCUT2D eigenvalue weighted by Crippen LogP contribution is 2.34. The predicted octanol–water partition coefficient (Wildman–Crippen LogP) is 1.99. The molecule has 0 bridgehead atoms. The molecule has 0 aromatic carbocycles. The molecule has 2 fully saturated rings. The van der Waals surface area contributed by atoms with E-state index in [0.29, 0.717) is 0 Å². The number of nitrogens with zero attached hydrogens (tertiary/aromatic N) is 1. The second-order valence-electron chi connectivity index (χ2n) is 4.93. The minimum absolute atomic E-state index is 0.837. The lowest BCUT2D eigenvalue weighted by Gasteiger charge is -2.38. The Labute approximate surface area is 87.8 Å². The second-order valence-corrected chi connectivity index (χ2v) is 4.93. The summed E-state index contributed by atoms with van der Waals surface area (Å²) in [5.74, 6) is 0.998. The van der Waals surface area contributed by atoms with Gasteiger partial charge in [0.2, 0.25) is 0 Å². The van der Waals surface area contributed by atoms with E-state index >= 15 is 0 Å². The lowest BCUT2D eigenvalue weighted by molar-refractivity contribution is 0.119. The predicted molar refractivity (Wildman–Crippen MR) is 60.2 cm³/mol. The first-order valence-corrected chi connectivity index (χ1v) is 6.36. The van der Waals surface area contributed by atoms with Crippen LogP contribution in [-0.4, -0.2) is 30.6 Å². The number of hydrogen-bond acceptors (Lipinski definition) is 2. The molecule has 2 nitrogen and oxygen atoms in total. The second kappa shape index (κ2) is 5.13. The van der Waals surface area contributed by atoms with Crippen LogP contribution < -0.4 is 5.73 Å². The Bertz CT molecular complexity index is 170. The van der Waals surface area contributed by atoms with Crippen molar-refractivity contribution < 1.29 is 0 Å². The number of nitrogens with two attached hydrogens (primary N) is 1. The van der Waals surface area contributed by atoms with Gasteiger partial charge >= 0.3 is 0 Å². The van der Waals surface area contributed by atoms with Crippen molar-refractivity contribution in [3.05, 3.63) is 0 Å². The summed E-state index contributed by atoms with van der Waals surface area (Å²) in [7, 11) is 0. The van der Waals surface area contributed by atoms with Crippen molar-refractivity contribution in [2.24, 2.45) is 11.7 Å². The van der Waals surface area contributed by atoms with Gasteiger partial charge in [-0.3, -0.25) is 4.90 Å². The van der Waals surface area contributed by atoms with Crippen LogP contribution >= 0.6 is 0 Å². The number of rotatable bonds is 2. The molecule has 2 heteroatoms. The molecule has 0 radical (unpaired) electrons. The average Bonchev–Trinajstić information content (AvgIpc) is 2.42. The first-order valence-electron chi connectivity index (χ1n) is 6.36. The maximum Gasteiger partial charge on any atom is 0.0124 e. The molecule has 2 rings (SSSR count). The summed E-state index contributed by atoms with van der Waals surface area (Å²) in [4.78, 5) is 2.68. The van der Waals surface area contributed by atoms with E-state index in [0.717, 1.165) is 25.0 Å². The van der Waals surface area contributed by atoms with Crippen molar-refractivity contribution in [3.8, 4) is 0 Å². The van der Waals surface area contributed by atoms with Crippen LogP contribution in [0.1, 0.15) is 44.9 Å². The van der Waals surface area contributed by atoms with E-state index in [1.54, 1.807) is 0 Å². The topological polar surface area (TPSA) is 29.3 Å². The fourth-order valence-electron chi connectivity index (χ4n) is 3.34. The highest BCUT2D eigenvalue weighted by molar-refractivity contribution is 4.85. The van der Waals surface area contributed by atoms with Crippen molar-refractivity contribution >= 4 is 0 Å². The molecule has 1 saturated heterocycles. The normalized spacial score (nSPS) is 34.9. The SMILES string of the molecule is NCCN1CCCCC2CCCCC21. The monoisotopic (exact) mass is 196 g/mol. The maximum atomic E-state index is 5.69. The third-order valence-electron chi connectivity index (χ3n) is 4.02. The van der Waals surface area contributed by atoms with Crippen molar-refractivity contribution in [2.45, 2.75) is 51.0 Å². The average molecular weight is 196 g/mol. The zero-order valence-corrected chi connectivity index (χ0v) is 9.25. The molecule has 0 amide bonds. The van der Waals surface area contributed by atoms with Crippen LogP contribution in [0.5, 0.6) is 0 Å². The Hall–Kier alpha value is -0.0800. The zero-order valence-electron chi connectivity index (χ0n) is 9.25. The fourth-order valence-corrected chi connectivity index (χ4v) is 3.34. The van der Waals surface area contributed by atoms with Crippen LogP contribution in [0.2, 0.25) is 0 Å². The Morgan fingerprint density at radius 2 is 1.71 bits per heavy atom. The molecule has 2 unspecified atom stereocenters. The van der Waals surface area contributed by atoms with E-state index in [9.17, 15) is 0 Å². The molecular weight excluding hydrogens is 172 g/mol. The Morgan fingerprint density at radius 1 is 1.00 bits per heavy atom. The van der Waals surface area contributed by atoms with E-state index in [4.69, 9.17) is 5.73 Å². The van der Waals surface area contributed by atoms with Crippen molar-refractivity contribution in [3.63, 3.8) is 0 Å². The van der Waals surface area contributed by atoms with E-state index in [1.165, 1.54) is 51.5 Å². The van der Waals surface area contributed by atoms with Crippen molar-refractivity contribution in [1.29, 1.82) is 0 Å². The highest BCUT2D eigenvalue weighted by Gasteiger charge is 2.30. The minimum Gasteiger partial charge on any atom is -0.329 e. The molecule has 1 aliphatic carbocycles. The molecule has 14 heavy (non-hydrogen) atoms. The Morgan fingerprint density at radius 3 is 2.50 bits per heavy atom. The molecule has 0 spiro atoms. The molecule has 0 aromatic heterocycles. The molecule has 2 N–H and O–H groups in total. The van der Waals surface area contributed by atoms with Crippen molar-refractivity contribution in [1.82, 2.24) is 4.90 Å². The molecule has 0 aromatic rings. The standard InChI is InChI=1S/C12H24N2/c13-8-10-14-9-4-3-6-11-5-1-2-7-12(11)14/h11-12H,1-10,13H2. The Kier molecular flexibility index (Phi) is 3.82. The first-order chi connectivity index (χ1) is 6.92. The number of likely N-dealkylation sites (tertiary alicyclic amines) is 1. The third-order valence-corrected chi connectivity index (χ3v) is 4.02. The van der Waals surface area contributed by atoms with Crippen LogP contribution in [-0.2, 0) is 0 Å². The van der Waals surface area contributed by atoms with Gasteiger partial charge in [0.05, 0.1) is 0 Å². The van der Waals surface area contributed by atoms with Gasteiger partial charge in [-0.2, -0.15) is 0 Å². The third kappa shape index (κ3) is 2.29. The molecule has 2 aliphatic rings. The maximum absolute atomic E-state index is 5.69. The van der Waals surface area contributed by atoms with E-state index in [2.05, 4.69) is 4.90 Å². The van der Waals surface area contributed by atoms with Gasteiger partial charge in [0, 0.05) is 19.1 Å². The molecule has 82 valence electrons. The Balaban J connectivity index is 1.99. The van der Waals surface area contributed by atoms with Crippen LogP contribution in [0.25, 0.3) is 0 Å². The van der Waals surface area contributed by atoms with Gasteiger partial charge in [0.1, 0.15) is 0 Å². The van der Waals surface area contributed by atoms with Gasteiger partial charge < -0.3 is 5.73 Å². The van der Waals surface area contributed by atoms with E-state index in [1.807, 2.05) is 0 Å². The largest absolute Gasteiger partial charge is 0.329 e. The summed E-state index contributed by atoms with van der Waals surface area (Å²) >= 11 is 0. The van der Waals surface area contributed by atoms with Crippen LogP contribution in [0.3, 0.4) is 0 Å². The van der Waals surface area contributed by atoms with Gasteiger partial charge in [0.15, 0.2) is 0 Å². The molecule has 1 aliphatic heterocycles. The number of hydrogen-bond donors (Lipinski definition) is 1. The molecule has 2 atom stereocenters. The smallest absolute Gasteiger partial charge is 0.0124 e. The zero-order chi connectivity index (χ0) is 9.80.